The topological polar surface area (TPSA) is 130 Å². The van der Waals surface area contributed by atoms with E-state index in [9.17, 15) is 13.6 Å². The number of amides is 1. The van der Waals surface area contributed by atoms with Gasteiger partial charge in [-0.15, -0.1) is 14.3 Å². The normalized spacial score (nSPS) is 19.3. The second-order valence-electron chi connectivity index (χ2n) is 21.6. The van der Waals surface area contributed by atoms with Gasteiger partial charge in [-0.1, -0.05) is 79.4 Å². The molecule has 8 rings (SSSR count). The van der Waals surface area contributed by atoms with E-state index in [0.717, 1.165) is 12.8 Å². The minimum Gasteiger partial charge on any atom is -0.468 e. The van der Waals surface area contributed by atoms with Crippen molar-refractivity contribution < 1.29 is 55.2 Å². The van der Waals surface area contributed by atoms with Crippen LogP contribution in [0.1, 0.15) is 125 Å². The minimum atomic E-state index is -3.80. The van der Waals surface area contributed by atoms with E-state index >= 15 is 13.2 Å². The summed E-state index contributed by atoms with van der Waals surface area (Å²) in [7, 11) is -0.933. The van der Waals surface area contributed by atoms with Crippen LogP contribution in [-0.2, 0) is 9.47 Å². The summed E-state index contributed by atoms with van der Waals surface area (Å²) >= 11 is 0. The van der Waals surface area contributed by atoms with Crippen molar-refractivity contribution in [1.82, 2.24) is 24.9 Å². The average Bonchev–Trinajstić information content (AvgIpc) is 3.95. The maximum atomic E-state index is 18.1. The van der Waals surface area contributed by atoms with Gasteiger partial charge in [0.1, 0.15) is 49.2 Å². The Hall–Kier alpha value is -5.97. The monoisotopic (exact) mass is 1050 g/mol. The number of carbonyl (C=O) groups is 1. The van der Waals surface area contributed by atoms with Crippen LogP contribution in [0.25, 0.3) is 32.9 Å². The number of unbranched alkanes of at least 4 members (excludes halogenated alkanes) is 2. The van der Waals surface area contributed by atoms with Gasteiger partial charge in [0.05, 0.1) is 16.5 Å². The van der Waals surface area contributed by atoms with Gasteiger partial charge in [0.25, 0.3) is 0 Å². The number of nitrogens with one attached hydrogen (secondary N) is 1. The number of aromatic nitrogens is 3. The summed E-state index contributed by atoms with van der Waals surface area (Å²) in [6, 6.07) is 10.1. The van der Waals surface area contributed by atoms with E-state index in [-0.39, 0.29) is 107 Å². The highest BCUT2D eigenvalue weighted by molar-refractivity contribution is 6.90. The summed E-state index contributed by atoms with van der Waals surface area (Å²) < 4.78 is 111. The number of pyridine rings is 1. The number of fused-ring (bicyclic) bond motifs is 4. The molecule has 0 saturated carbocycles. The standard InChI is InChI=1S/C55H67F5N6O7Si/c1-12-13-14-22-66(52(67)73-53(8,9)10)64-50-41-28-61-48(40-26-38(70-31-68-11)24-36-15-17-42(57)39(46(36)40)20-23-74(32(2)3,33(4)5)34(6)7)47(58)49(41)62-51(63-50)69-30-54-21-19-43(65(54)29-37(56)27-54)35-16-18-44-45(25-35)72-55(59,60)71-44/h15-18,24-26,28,32-34,37,43H,12-14,19,21-22,27,29-31H2,1-11H3,(H,62,63,64)/t37-,43-,54+/m1/s1. The SMILES string of the molecule is CCCCCN(Nc1nc(OC[C@@]23CC[C@H](c4ccc5c(c4)OC(F)(F)O5)N2C[C@H](F)C3)nc2c(F)c(-c3cc(OCOC)cc4ccc(F)c(C#C[Si](C(C)C)(C(C)C)C(C)C)c34)ncc12)C(=O)OC(C)(C)C. The van der Waals surface area contributed by atoms with E-state index in [4.69, 9.17) is 33.7 Å². The fraction of sp³-hybridized carbons (Fsp3) is 0.527. The average molecular weight is 1050 g/mol. The van der Waals surface area contributed by atoms with Crippen LogP contribution in [0.4, 0.5) is 32.6 Å². The Kier molecular flexibility index (Phi) is 15.7. The van der Waals surface area contributed by atoms with Gasteiger partial charge in [-0.05, 0) is 97.9 Å². The lowest BCUT2D eigenvalue weighted by Gasteiger charge is -2.38. The first-order chi connectivity index (χ1) is 35.0. The van der Waals surface area contributed by atoms with Crippen molar-refractivity contribution in [1.29, 1.82) is 0 Å². The maximum absolute atomic E-state index is 18.1. The Balaban J connectivity index is 1.27. The first-order valence-corrected chi connectivity index (χ1v) is 27.7. The van der Waals surface area contributed by atoms with Crippen LogP contribution in [0, 0.1) is 23.1 Å². The molecule has 1 N–H and O–H groups in total. The number of ether oxygens (including phenoxy) is 6. The third-order valence-electron chi connectivity index (χ3n) is 14.6. The Morgan fingerprint density at radius 1 is 0.986 bits per heavy atom. The van der Waals surface area contributed by atoms with Crippen molar-refractivity contribution in [3.05, 3.63) is 71.4 Å². The summed E-state index contributed by atoms with van der Waals surface area (Å²) in [5.41, 5.74) is 6.13. The van der Waals surface area contributed by atoms with Crippen LogP contribution in [0.2, 0.25) is 16.6 Å². The van der Waals surface area contributed by atoms with Crippen molar-refractivity contribution >= 4 is 41.7 Å². The van der Waals surface area contributed by atoms with Crippen LogP contribution < -0.4 is 24.4 Å². The van der Waals surface area contributed by atoms with E-state index in [0.29, 0.717) is 41.3 Å². The van der Waals surface area contributed by atoms with Crippen LogP contribution in [-0.4, -0.2) is 96.2 Å². The second kappa shape index (κ2) is 21.3. The predicted octanol–water partition coefficient (Wildman–Crippen LogP) is 13.4. The minimum absolute atomic E-state index is 0.0343. The molecular formula is C55H67F5N6O7Si. The third kappa shape index (κ3) is 10.9. The third-order valence-corrected chi connectivity index (χ3v) is 20.8. The molecule has 0 unspecified atom stereocenters. The summed E-state index contributed by atoms with van der Waals surface area (Å²) in [5, 5.41) is 2.17. The first-order valence-electron chi connectivity index (χ1n) is 25.5. The highest BCUT2D eigenvalue weighted by Crippen LogP contribution is 2.52. The number of anilines is 1. The molecule has 3 aliphatic heterocycles. The Bertz CT molecular complexity index is 2940. The van der Waals surface area contributed by atoms with Gasteiger partial charge in [0.15, 0.2) is 29.9 Å². The Morgan fingerprint density at radius 2 is 1.72 bits per heavy atom. The number of hydrazine groups is 1. The highest BCUT2D eigenvalue weighted by Gasteiger charge is 2.54. The zero-order chi connectivity index (χ0) is 53.5. The molecule has 0 aliphatic carbocycles. The summed E-state index contributed by atoms with van der Waals surface area (Å²) in [5.74, 6) is 1.84. The van der Waals surface area contributed by atoms with E-state index in [1.807, 2.05) is 11.8 Å². The Labute approximate surface area is 430 Å². The summed E-state index contributed by atoms with van der Waals surface area (Å²) in [6.45, 7) is 20.2. The second-order valence-corrected chi connectivity index (χ2v) is 27.2. The van der Waals surface area contributed by atoms with Crippen LogP contribution >= 0.6 is 0 Å². The van der Waals surface area contributed by atoms with E-state index in [2.05, 4.69) is 68.2 Å². The number of halogens is 5. The first kappa shape index (κ1) is 54.3. The van der Waals surface area contributed by atoms with Gasteiger partial charge in [-0.2, -0.15) is 9.97 Å². The van der Waals surface area contributed by atoms with Crippen molar-refractivity contribution in [3.8, 4) is 46.0 Å². The van der Waals surface area contributed by atoms with Gasteiger partial charge in [-0.3, -0.25) is 15.3 Å². The molecule has 0 radical (unpaired) electrons. The molecule has 2 fully saturated rings. The molecule has 3 aromatic carbocycles. The Morgan fingerprint density at radius 3 is 2.41 bits per heavy atom. The smallest absolute Gasteiger partial charge is 0.468 e. The van der Waals surface area contributed by atoms with Crippen molar-refractivity contribution in [2.24, 2.45) is 0 Å². The van der Waals surface area contributed by atoms with Crippen molar-refractivity contribution in [2.75, 3.05) is 39.0 Å². The van der Waals surface area contributed by atoms with Crippen molar-refractivity contribution in [3.63, 3.8) is 0 Å². The number of carbonyl (C=O) groups excluding carboxylic acids is 1. The van der Waals surface area contributed by atoms with Crippen molar-refractivity contribution in [2.45, 2.75) is 154 Å². The van der Waals surface area contributed by atoms with E-state index in [1.54, 1.807) is 45.0 Å². The highest BCUT2D eigenvalue weighted by atomic mass is 28.3. The zero-order valence-electron chi connectivity index (χ0n) is 44.1. The van der Waals surface area contributed by atoms with Crippen LogP contribution in [0.5, 0.6) is 23.3 Å². The summed E-state index contributed by atoms with van der Waals surface area (Å²) in [4.78, 5) is 29.9. The van der Waals surface area contributed by atoms with E-state index < -0.39 is 49.4 Å². The quantitative estimate of drug-likeness (QED) is 0.0238. The molecule has 0 bridgehead atoms. The number of benzene rings is 3. The number of rotatable bonds is 17. The van der Waals surface area contributed by atoms with Crippen LogP contribution in [0.15, 0.2) is 48.7 Å². The molecule has 2 saturated heterocycles. The van der Waals surface area contributed by atoms with Gasteiger partial charge in [0.2, 0.25) is 0 Å². The lowest BCUT2D eigenvalue weighted by Crippen LogP contribution is -2.44. The number of hydrogen-bond acceptors (Lipinski definition) is 12. The van der Waals surface area contributed by atoms with Crippen LogP contribution in [0.3, 0.4) is 0 Å². The number of nitrogens with zero attached hydrogens (tertiary/aromatic N) is 5. The molecule has 13 nitrogen and oxygen atoms in total. The zero-order valence-corrected chi connectivity index (χ0v) is 45.1. The number of alkyl halides is 3. The largest absolute Gasteiger partial charge is 0.586 e. The predicted molar refractivity (Wildman–Crippen MR) is 276 cm³/mol. The van der Waals surface area contributed by atoms with Gasteiger partial charge >= 0.3 is 18.4 Å². The molecule has 3 atom stereocenters. The lowest BCUT2D eigenvalue weighted by atomic mass is 9.94. The molecule has 74 heavy (non-hydrogen) atoms. The maximum Gasteiger partial charge on any atom is 0.586 e. The fourth-order valence-corrected chi connectivity index (χ4v) is 16.5. The molecule has 5 heterocycles. The molecule has 2 aromatic heterocycles. The lowest BCUT2D eigenvalue weighted by molar-refractivity contribution is -0.286. The summed E-state index contributed by atoms with van der Waals surface area (Å²) in [6.07, 6.45) is -1.06. The van der Waals surface area contributed by atoms with Gasteiger partial charge in [-0.25, -0.2) is 23.0 Å². The van der Waals surface area contributed by atoms with E-state index in [1.165, 1.54) is 36.5 Å². The molecule has 3 aliphatic rings. The fourth-order valence-electron chi connectivity index (χ4n) is 11.3. The van der Waals surface area contributed by atoms with Gasteiger partial charge < -0.3 is 28.4 Å². The number of methoxy groups -OCH3 is 1. The number of hydrogen-bond donors (Lipinski definition) is 1. The molecule has 19 heteroatoms. The molecule has 0 spiro atoms. The molecule has 1 amide bonds. The molecule has 398 valence electrons. The molecular weight excluding hydrogens is 980 g/mol. The molecule has 5 aromatic rings. The van der Waals surface area contributed by atoms with Gasteiger partial charge in [0, 0.05) is 49.8 Å².